The molecule has 0 amide bonds. The van der Waals surface area contributed by atoms with Crippen LogP contribution in [-0.4, -0.2) is 5.92 Å². The maximum absolute atomic E-state index is 13.0. The molecule has 0 radical (unpaired) electrons. The zero-order valence-corrected chi connectivity index (χ0v) is 10.1. The molecule has 1 aromatic rings. The van der Waals surface area contributed by atoms with Gasteiger partial charge >= 0.3 is 0 Å². The van der Waals surface area contributed by atoms with Crippen LogP contribution in [0.3, 0.4) is 0 Å². The largest absolute Gasteiger partial charge is 0.262 e. The van der Waals surface area contributed by atoms with Gasteiger partial charge in [-0.25, -0.2) is 8.78 Å². The van der Waals surface area contributed by atoms with Crippen molar-refractivity contribution in [2.24, 2.45) is 0 Å². The Balaban J connectivity index is 3.01. The van der Waals surface area contributed by atoms with Gasteiger partial charge in [0.2, 0.25) is 0 Å². The first-order valence-electron chi connectivity index (χ1n) is 3.91. The number of hydrogen-bond acceptors (Lipinski definition) is 1. The molecule has 0 aliphatic heterocycles. The van der Waals surface area contributed by atoms with Crippen molar-refractivity contribution in [2.75, 3.05) is 0 Å². The number of hydrogen-bond donors (Lipinski definition) is 0. The van der Waals surface area contributed by atoms with Gasteiger partial charge in [0.1, 0.15) is 4.83 Å². The van der Waals surface area contributed by atoms with Gasteiger partial charge in [-0.3, -0.25) is 0 Å². The van der Waals surface area contributed by atoms with Crippen molar-refractivity contribution in [2.45, 2.75) is 31.5 Å². The highest BCUT2D eigenvalue weighted by molar-refractivity contribution is 9.09. The summed E-state index contributed by atoms with van der Waals surface area (Å²) in [6.45, 7) is 4.72. The summed E-state index contributed by atoms with van der Waals surface area (Å²) in [4.78, 5) is 0.935. The summed E-state index contributed by atoms with van der Waals surface area (Å²) in [5.74, 6) is -2.71. The summed E-state index contributed by atoms with van der Waals surface area (Å²) in [5.41, 5.74) is 0.936. The first-order chi connectivity index (χ1) is 5.82. The van der Waals surface area contributed by atoms with Crippen LogP contribution in [0.25, 0.3) is 0 Å². The van der Waals surface area contributed by atoms with Crippen LogP contribution >= 0.6 is 27.3 Å². The molecule has 0 N–H and O–H groups in total. The lowest BCUT2D eigenvalue weighted by atomic mass is 10.1. The van der Waals surface area contributed by atoms with Crippen molar-refractivity contribution in [3.05, 3.63) is 21.4 Å². The molecule has 1 heterocycles. The highest BCUT2D eigenvalue weighted by atomic mass is 79.9. The van der Waals surface area contributed by atoms with Crippen molar-refractivity contribution in [1.29, 1.82) is 0 Å². The van der Waals surface area contributed by atoms with Crippen molar-refractivity contribution < 1.29 is 8.78 Å². The van der Waals surface area contributed by atoms with E-state index in [9.17, 15) is 8.78 Å². The van der Waals surface area contributed by atoms with E-state index < -0.39 is 10.7 Å². The summed E-state index contributed by atoms with van der Waals surface area (Å²) in [6.07, 6.45) is 0. The average Bonchev–Trinajstić information content (AvgIpc) is 2.26. The molecular weight excluding hydrogens is 258 g/mol. The smallest absolute Gasteiger partial charge is 0.206 e. The molecule has 0 nitrogen and oxygen atoms in total. The first-order valence-corrected chi connectivity index (χ1v) is 5.64. The Morgan fingerprint density at radius 3 is 2.31 bits per heavy atom. The molecule has 0 aromatic carbocycles. The predicted octanol–water partition coefficient (Wildman–Crippen LogP) is 4.46. The third-order valence-corrected chi connectivity index (χ3v) is 4.54. The van der Waals surface area contributed by atoms with Crippen LogP contribution in [0.2, 0.25) is 0 Å². The van der Waals surface area contributed by atoms with Gasteiger partial charge in [-0.2, -0.15) is 0 Å². The minimum absolute atomic E-state index is 0.727. The molecule has 0 saturated heterocycles. The summed E-state index contributed by atoms with van der Waals surface area (Å²) in [6, 6.07) is 1.93. The lowest BCUT2D eigenvalue weighted by Crippen LogP contribution is -2.16. The number of thiophene rings is 1. The van der Waals surface area contributed by atoms with Gasteiger partial charge in [0.25, 0.3) is 5.92 Å². The highest BCUT2D eigenvalue weighted by Crippen LogP contribution is 2.42. The van der Waals surface area contributed by atoms with Gasteiger partial charge in [-0.15, -0.1) is 11.3 Å². The molecule has 0 saturated carbocycles. The van der Waals surface area contributed by atoms with Crippen molar-refractivity contribution >= 4 is 27.3 Å². The zero-order chi connectivity index (χ0) is 10.2. The number of aryl methyl sites for hydroxylation is 2. The van der Waals surface area contributed by atoms with Crippen LogP contribution in [-0.2, 0) is 0 Å². The molecular formula is C9H11BrF2S. The van der Waals surface area contributed by atoms with Gasteiger partial charge in [0.05, 0.1) is 0 Å². The van der Waals surface area contributed by atoms with Crippen molar-refractivity contribution in [3.8, 4) is 0 Å². The Bertz CT molecular complexity index is 301. The molecule has 13 heavy (non-hydrogen) atoms. The molecule has 0 aliphatic rings. The summed E-state index contributed by atoms with van der Waals surface area (Å²) < 4.78 is 25.9. The van der Waals surface area contributed by atoms with Gasteiger partial charge in [0, 0.05) is 16.7 Å². The third-order valence-electron chi connectivity index (χ3n) is 1.75. The second-order valence-corrected chi connectivity index (χ2v) is 5.43. The Labute approximate surface area is 89.1 Å². The fourth-order valence-corrected chi connectivity index (χ4v) is 2.90. The normalized spacial score (nSPS) is 14.6. The molecule has 0 bridgehead atoms. The fraction of sp³-hybridized carbons (Fsp3) is 0.556. The minimum atomic E-state index is -2.71. The Kier molecular flexibility index (Phi) is 3.12. The monoisotopic (exact) mass is 268 g/mol. The van der Waals surface area contributed by atoms with Crippen LogP contribution in [0, 0.1) is 13.8 Å². The zero-order valence-electron chi connectivity index (χ0n) is 7.70. The van der Waals surface area contributed by atoms with Gasteiger partial charge in [-0.1, -0.05) is 15.9 Å². The van der Waals surface area contributed by atoms with Gasteiger partial charge < -0.3 is 0 Å². The second kappa shape index (κ2) is 3.65. The lowest BCUT2D eigenvalue weighted by molar-refractivity contribution is 0.0220. The van der Waals surface area contributed by atoms with E-state index in [2.05, 4.69) is 15.9 Å². The minimum Gasteiger partial charge on any atom is -0.206 e. The van der Waals surface area contributed by atoms with Gasteiger partial charge in [-0.05, 0) is 25.5 Å². The van der Waals surface area contributed by atoms with Crippen LogP contribution in [0.15, 0.2) is 6.07 Å². The van der Waals surface area contributed by atoms with Gasteiger partial charge in [0.15, 0.2) is 0 Å². The van der Waals surface area contributed by atoms with Crippen LogP contribution in [0.5, 0.6) is 0 Å². The van der Waals surface area contributed by atoms with E-state index in [-0.39, 0.29) is 0 Å². The van der Waals surface area contributed by atoms with Crippen LogP contribution in [0.4, 0.5) is 8.78 Å². The summed E-state index contributed by atoms with van der Waals surface area (Å²) >= 11 is 4.45. The SMILES string of the molecule is Cc1cc(C)c(C(Br)C(C)(F)F)s1. The number of alkyl halides is 3. The highest BCUT2D eigenvalue weighted by Gasteiger charge is 2.35. The maximum atomic E-state index is 13.0. The molecule has 0 spiro atoms. The van der Waals surface area contributed by atoms with E-state index in [1.165, 1.54) is 11.3 Å². The van der Waals surface area contributed by atoms with Crippen molar-refractivity contribution in [1.82, 2.24) is 0 Å². The maximum Gasteiger partial charge on any atom is 0.262 e. The predicted molar refractivity (Wildman–Crippen MR) is 56.1 cm³/mol. The Morgan fingerprint density at radius 2 is 2.00 bits per heavy atom. The van der Waals surface area contributed by atoms with E-state index in [1.807, 2.05) is 19.9 Å². The summed E-state index contributed by atoms with van der Waals surface area (Å²) in [5, 5.41) is 0. The molecule has 1 rings (SSSR count). The Hall–Kier alpha value is 0.0400. The van der Waals surface area contributed by atoms with Crippen LogP contribution in [0.1, 0.15) is 27.1 Å². The molecule has 4 heteroatoms. The molecule has 1 unspecified atom stereocenters. The van der Waals surface area contributed by atoms with E-state index in [1.54, 1.807) is 0 Å². The molecule has 1 aromatic heterocycles. The average molecular weight is 269 g/mol. The first kappa shape index (κ1) is 11.1. The standard InChI is InChI=1S/C9H11BrF2S/c1-5-4-6(2)13-7(5)8(10)9(3,11)12/h4,8H,1-3H3. The van der Waals surface area contributed by atoms with Crippen LogP contribution < -0.4 is 0 Å². The number of rotatable bonds is 2. The van der Waals surface area contributed by atoms with Crippen molar-refractivity contribution in [3.63, 3.8) is 0 Å². The lowest BCUT2D eigenvalue weighted by Gasteiger charge is -2.16. The quantitative estimate of drug-likeness (QED) is 0.695. The second-order valence-electron chi connectivity index (χ2n) is 3.22. The Morgan fingerprint density at radius 1 is 1.46 bits per heavy atom. The van der Waals surface area contributed by atoms with E-state index in [4.69, 9.17) is 0 Å². The molecule has 0 aliphatic carbocycles. The van der Waals surface area contributed by atoms with E-state index in [0.29, 0.717) is 0 Å². The van der Waals surface area contributed by atoms with E-state index in [0.717, 1.165) is 22.2 Å². The molecule has 74 valence electrons. The summed E-state index contributed by atoms with van der Waals surface area (Å²) in [7, 11) is 0. The van der Waals surface area contributed by atoms with E-state index >= 15 is 0 Å². The molecule has 0 fully saturated rings. The third kappa shape index (κ3) is 2.50. The molecule has 1 atom stereocenters. The fourth-order valence-electron chi connectivity index (χ4n) is 1.14. The topological polar surface area (TPSA) is 0 Å². The number of halogens is 3.